The first kappa shape index (κ1) is 15.6. The maximum absolute atomic E-state index is 11.9. The van der Waals surface area contributed by atoms with Gasteiger partial charge in [-0.2, -0.15) is 0 Å². The van der Waals surface area contributed by atoms with E-state index in [2.05, 4.69) is 6.92 Å². The van der Waals surface area contributed by atoms with Crippen molar-refractivity contribution in [3.8, 4) is 0 Å². The number of rotatable bonds is 10. The Morgan fingerprint density at radius 2 is 1.56 bits per heavy atom. The summed E-state index contributed by atoms with van der Waals surface area (Å²) in [5.41, 5.74) is 0. The molecule has 0 aromatic carbocycles. The van der Waals surface area contributed by atoms with Crippen molar-refractivity contribution in [2.75, 3.05) is 6.61 Å². The van der Waals surface area contributed by atoms with E-state index in [-0.39, 0.29) is 18.4 Å². The highest BCUT2D eigenvalue weighted by Crippen LogP contribution is 2.18. The fourth-order valence-electron chi connectivity index (χ4n) is 2.04. The zero-order chi connectivity index (χ0) is 12.4. The zero-order valence-corrected chi connectivity index (χ0v) is 11.2. The third kappa shape index (κ3) is 7.00. The minimum atomic E-state index is 0.119. The van der Waals surface area contributed by atoms with Gasteiger partial charge >= 0.3 is 0 Å². The molecule has 0 aromatic rings. The van der Waals surface area contributed by atoms with Gasteiger partial charge in [0.15, 0.2) is 0 Å². The Balaban J connectivity index is 3.70. The van der Waals surface area contributed by atoms with Crippen molar-refractivity contribution in [1.82, 2.24) is 0 Å². The molecule has 2 unspecified atom stereocenters. The Morgan fingerprint density at radius 3 is 2.06 bits per heavy atom. The van der Waals surface area contributed by atoms with E-state index < -0.39 is 0 Å². The maximum atomic E-state index is 11.9. The van der Waals surface area contributed by atoms with E-state index in [0.29, 0.717) is 5.78 Å². The molecule has 0 amide bonds. The van der Waals surface area contributed by atoms with E-state index in [4.69, 9.17) is 5.11 Å². The Kier molecular flexibility index (Phi) is 9.60. The number of aliphatic hydroxyl groups excluding tert-OH is 1. The largest absolute Gasteiger partial charge is 0.396 e. The lowest BCUT2D eigenvalue weighted by Gasteiger charge is -2.15. The highest BCUT2D eigenvalue weighted by molar-refractivity contribution is 5.82. The van der Waals surface area contributed by atoms with Gasteiger partial charge in [-0.3, -0.25) is 4.79 Å². The van der Waals surface area contributed by atoms with Crippen LogP contribution in [0.15, 0.2) is 0 Å². The van der Waals surface area contributed by atoms with Crippen molar-refractivity contribution in [1.29, 1.82) is 0 Å². The molecule has 2 nitrogen and oxygen atoms in total. The minimum Gasteiger partial charge on any atom is -0.396 e. The Hall–Kier alpha value is -0.370. The van der Waals surface area contributed by atoms with E-state index >= 15 is 0 Å². The minimum absolute atomic E-state index is 0.119. The van der Waals surface area contributed by atoms with Crippen molar-refractivity contribution in [3.05, 3.63) is 0 Å². The summed E-state index contributed by atoms with van der Waals surface area (Å²) in [5, 5.41) is 8.72. The summed E-state index contributed by atoms with van der Waals surface area (Å²) in [7, 11) is 0. The number of hydrogen-bond donors (Lipinski definition) is 1. The third-order valence-corrected chi connectivity index (χ3v) is 3.26. The lowest BCUT2D eigenvalue weighted by atomic mass is 9.88. The van der Waals surface area contributed by atoms with E-state index in [1.54, 1.807) is 0 Å². The molecule has 0 radical (unpaired) electrons. The molecule has 0 aliphatic heterocycles. The lowest BCUT2D eigenvalue weighted by molar-refractivity contribution is -0.126. The van der Waals surface area contributed by atoms with Gasteiger partial charge in [0.1, 0.15) is 5.78 Å². The molecule has 0 fully saturated rings. The monoisotopic (exact) mass is 228 g/mol. The van der Waals surface area contributed by atoms with Crippen molar-refractivity contribution >= 4 is 5.78 Å². The van der Waals surface area contributed by atoms with Gasteiger partial charge in [0.05, 0.1) is 0 Å². The number of unbranched alkanes of at least 4 members (excludes halogenated alkanes) is 3. The van der Waals surface area contributed by atoms with Crippen molar-refractivity contribution in [3.63, 3.8) is 0 Å². The van der Waals surface area contributed by atoms with Crippen LogP contribution in [0.1, 0.15) is 65.7 Å². The first-order valence-electron chi connectivity index (χ1n) is 6.78. The topological polar surface area (TPSA) is 37.3 Å². The third-order valence-electron chi connectivity index (χ3n) is 3.26. The average molecular weight is 228 g/mol. The second-order valence-corrected chi connectivity index (χ2v) is 4.92. The molecule has 96 valence electrons. The molecule has 2 atom stereocenters. The number of hydrogen-bond acceptors (Lipinski definition) is 2. The number of carbonyl (C=O) groups excluding carboxylic acids is 1. The predicted octanol–water partition coefficient (Wildman–Crippen LogP) is 3.57. The van der Waals surface area contributed by atoms with Crippen LogP contribution in [0.3, 0.4) is 0 Å². The van der Waals surface area contributed by atoms with Crippen molar-refractivity contribution in [2.24, 2.45) is 11.8 Å². The lowest BCUT2D eigenvalue weighted by Crippen LogP contribution is -2.19. The van der Waals surface area contributed by atoms with Crippen molar-refractivity contribution < 1.29 is 9.90 Å². The molecule has 0 saturated carbocycles. The van der Waals surface area contributed by atoms with Crippen LogP contribution in [-0.2, 0) is 4.79 Å². The summed E-state index contributed by atoms with van der Waals surface area (Å²) >= 11 is 0. The normalized spacial score (nSPS) is 14.8. The molecule has 0 heterocycles. The molecule has 0 aliphatic rings. The van der Waals surface area contributed by atoms with Crippen LogP contribution in [0.5, 0.6) is 0 Å². The maximum Gasteiger partial charge on any atom is 0.138 e. The first-order valence-corrected chi connectivity index (χ1v) is 6.78. The molecule has 1 N–H and O–H groups in total. The van der Waals surface area contributed by atoms with Gasteiger partial charge in [0, 0.05) is 18.4 Å². The fraction of sp³-hybridized carbons (Fsp3) is 0.929. The van der Waals surface area contributed by atoms with Gasteiger partial charge in [0.2, 0.25) is 0 Å². The average Bonchev–Trinajstić information content (AvgIpc) is 2.30. The van der Waals surface area contributed by atoms with Gasteiger partial charge in [-0.05, 0) is 19.3 Å². The molecule has 0 bridgehead atoms. The zero-order valence-electron chi connectivity index (χ0n) is 11.2. The van der Waals surface area contributed by atoms with Crippen LogP contribution in [0.25, 0.3) is 0 Å². The van der Waals surface area contributed by atoms with Crippen LogP contribution < -0.4 is 0 Å². The summed E-state index contributed by atoms with van der Waals surface area (Å²) in [6.07, 6.45) is 7.55. The number of Topliss-reactive ketones (excluding diaryl/α,β-unsaturated/α-hetero) is 1. The predicted molar refractivity (Wildman–Crippen MR) is 68.4 cm³/mol. The molecule has 0 spiro atoms. The fourth-order valence-corrected chi connectivity index (χ4v) is 2.04. The summed E-state index contributed by atoms with van der Waals surface area (Å²) < 4.78 is 0. The Bertz CT molecular complexity index is 178. The van der Waals surface area contributed by atoms with Gasteiger partial charge in [-0.1, -0.05) is 46.5 Å². The number of aliphatic hydroxyl groups is 1. The van der Waals surface area contributed by atoms with E-state index in [1.807, 2.05) is 13.8 Å². The Labute approximate surface area is 100 Å². The van der Waals surface area contributed by atoms with E-state index in [0.717, 1.165) is 19.3 Å². The second kappa shape index (κ2) is 9.83. The van der Waals surface area contributed by atoms with Crippen LogP contribution in [-0.4, -0.2) is 17.5 Å². The summed E-state index contributed by atoms with van der Waals surface area (Å²) in [5.74, 6) is 0.698. The Morgan fingerprint density at radius 1 is 1.00 bits per heavy atom. The summed E-state index contributed by atoms with van der Waals surface area (Å²) in [4.78, 5) is 11.9. The van der Waals surface area contributed by atoms with Crippen molar-refractivity contribution in [2.45, 2.75) is 65.7 Å². The second-order valence-electron chi connectivity index (χ2n) is 4.92. The summed E-state index contributed by atoms with van der Waals surface area (Å²) in [6.45, 7) is 6.43. The van der Waals surface area contributed by atoms with E-state index in [9.17, 15) is 4.79 Å². The molecule has 2 heteroatoms. The quantitative estimate of drug-likeness (QED) is 0.580. The number of carbonyl (C=O) groups is 1. The van der Waals surface area contributed by atoms with Crippen LogP contribution >= 0.6 is 0 Å². The van der Waals surface area contributed by atoms with Gasteiger partial charge in [-0.15, -0.1) is 0 Å². The SMILES string of the molecule is CCCCCCC(C)C(=O)C(C)CCCO. The molecule has 0 aliphatic carbocycles. The van der Waals surface area contributed by atoms with E-state index in [1.165, 1.54) is 25.7 Å². The first-order chi connectivity index (χ1) is 7.63. The van der Waals surface area contributed by atoms with Crippen LogP contribution in [0, 0.1) is 11.8 Å². The van der Waals surface area contributed by atoms with Gasteiger partial charge < -0.3 is 5.11 Å². The molecular weight excluding hydrogens is 200 g/mol. The molecule has 16 heavy (non-hydrogen) atoms. The highest BCUT2D eigenvalue weighted by atomic mass is 16.2. The van der Waals surface area contributed by atoms with Crippen LogP contribution in [0.4, 0.5) is 0 Å². The van der Waals surface area contributed by atoms with Gasteiger partial charge in [0.25, 0.3) is 0 Å². The highest BCUT2D eigenvalue weighted by Gasteiger charge is 2.18. The van der Waals surface area contributed by atoms with Gasteiger partial charge in [-0.25, -0.2) is 0 Å². The molecule has 0 rings (SSSR count). The number of ketones is 1. The molecular formula is C14H28O2. The summed E-state index contributed by atoms with van der Waals surface area (Å²) in [6, 6.07) is 0. The molecule has 0 saturated heterocycles. The smallest absolute Gasteiger partial charge is 0.138 e. The van der Waals surface area contributed by atoms with Crippen LogP contribution in [0.2, 0.25) is 0 Å². The molecule has 0 aromatic heterocycles. The standard InChI is InChI=1S/C14H28O2/c1-4-5-6-7-9-12(2)14(16)13(3)10-8-11-15/h12-13,15H,4-11H2,1-3H3.